The molecular formula is C16H21BF2O3. The fourth-order valence-electron chi connectivity index (χ4n) is 2.82. The van der Waals surface area contributed by atoms with Crippen molar-refractivity contribution >= 4 is 12.6 Å². The van der Waals surface area contributed by atoms with Gasteiger partial charge in [0.1, 0.15) is 5.82 Å². The quantitative estimate of drug-likeness (QED) is 0.746. The second-order valence-electron chi connectivity index (χ2n) is 7.13. The van der Waals surface area contributed by atoms with E-state index in [0.29, 0.717) is 12.2 Å². The summed E-state index contributed by atoms with van der Waals surface area (Å²) in [5, 5.41) is 0. The summed E-state index contributed by atoms with van der Waals surface area (Å²) in [7, 11) is -1.07. The fraction of sp³-hybridized carbons (Fsp3) is 0.625. The second-order valence-corrected chi connectivity index (χ2v) is 7.13. The van der Waals surface area contributed by atoms with E-state index in [9.17, 15) is 8.78 Å². The highest BCUT2D eigenvalue weighted by molar-refractivity contribution is 6.62. The van der Waals surface area contributed by atoms with Crippen LogP contribution in [0.5, 0.6) is 5.75 Å². The van der Waals surface area contributed by atoms with Gasteiger partial charge in [-0.05, 0) is 46.1 Å². The van der Waals surface area contributed by atoms with Crippen LogP contribution in [0.4, 0.5) is 8.78 Å². The molecule has 1 unspecified atom stereocenters. The van der Waals surface area contributed by atoms with E-state index in [0.717, 1.165) is 6.42 Å². The zero-order chi connectivity index (χ0) is 16.3. The molecule has 1 aromatic rings. The maximum absolute atomic E-state index is 14.8. The summed E-state index contributed by atoms with van der Waals surface area (Å²) >= 11 is 0. The Hall–Kier alpha value is -1.14. The third-order valence-electron chi connectivity index (χ3n) is 5.05. The third-order valence-corrected chi connectivity index (χ3v) is 5.05. The van der Waals surface area contributed by atoms with E-state index in [4.69, 9.17) is 14.0 Å². The number of ether oxygens (including phenoxy) is 1. The largest absolute Gasteiger partial charge is 0.501 e. The van der Waals surface area contributed by atoms with E-state index in [1.165, 1.54) is 6.07 Å². The number of halogens is 2. The molecule has 22 heavy (non-hydrogen) atoms. The van der Waals surface area contributed by atoms with E-state index < -0.39 is 30.0 Å². The minimum atomic E-state index is -1.07. The first-order valence-electron chi connectivity index (χ1n) is 7.64. The Kier molecular flexibility index (Phi) is 3.53. The molecule has 0 saturated carbocycles. The Morgan fingerprint density at radius 1 is 1.14 bits per heavy atom. The van der Waals surface area contributed by atoms with Crippen LogP contribution in [0, 0.1) is 11.6 Å². The summed E-state index contributed by atoms with van der Waals surface area (Å²) in [6, 6.07) is 1.35. The number of hydrogen-bond donors (Lipinski definition) is 0. The lowest BCUT2D eigenvalue weighted by Gasteiger charge is -2.32. The van der Waals surface area contributed by atoms with Crippen LogP contribution in [0.15, 0.2) is 6.07 Å². The average molecular weight is 310 g/mol. The molecule has 2 heterocycles. The normalized spacial score (nSPS) is 25.8. The maximum atomic E-state index is 14.8. The summed E-state index contributed by atoms with van der Waals surface area (Å²) in [6.45, 7) is 9.76. The molecule has 0 N–H and O–H groups in total. The van der Waals surface area contributed by atoms with Gasteiger partial charge in [0.05, 0.1) is 23.3 Å². The zero-order valence-electron chi connectivity index (χ0n) is 13.6. The lowest BCUT2D eigenvalue weighted by atomic mass is 9.76. The molecule has 2 aliphatic heterocycles. The summed E-state index contributed by atoms with van der Waals surface area (Å²) in [6.07, 6.45) is 0.752. The van der Waals surface area contributed by atoms with Crippen LogP contribution >= 0.6 is 0 Å². The molecule has 1 atom stereocenters. The van der Waals surface area contributed by atoms with Crippen LogP contribution in [-0.2, 0) is 9.31 Å². The van der Waals surface area contributed by atoms with Crippen molar-refractivity contribution in [1.29, 1.82) is 0 Å². The van der Waals surface area contributed by atoms with Gasteiger partial charge in [-0.3, -0.25) is 0 Å². The molecular weight excluding hydrogens is 289 g/mol. The molecule has 3 nitrogen and oxygen atoms in total. The number of rotatable bonds is 1. The molecule has 6 heteroatoms. The molecule has 1 aromatic carbocycles. The smallest absolute Gasteiger partial charge is 0.490 e. The summed E-state index contributed by atoms with van der Waals surface area (Å²) in [4.78, 5) is 0. The molecule has 0 spiro atoms. The van der Waals surface area contributed by atoms with Gasteiger partial charge in [0.2, 0.25) is 0 Å². The van der Waals surface area contributed by atoms with Gasteiger partial charge in [-0.15, -0.1) is 0 Å². The first kappa shape index (κ1) is 15.7. The molecule has 0 radical (unpaired) electrons. The predicted octanol–water partition coefficient (Wildman–Crippen LogP) is 3.15. The van der Waals surface area contributed by atoms with E-state index in [1.54, 1.807) is 0 Å². The molecule has 0 aromatic heterocycles. The molecule has 1 saturated heterocycles. The van der Waals surface area contributed by atoms with Crippen molar-refractivity contribution in [3.63, 3.8) is 0 Å². The lowest BCUT2D eigenvalue weighted by Crippen LogP contribution is -2.41. The van der Waals surface area contributed by atoms with E-state index in [1.807, 2.05) is 34.6 Å². The summed E-state index contributed by atoms with van der Waals surface area (Å²) in [5.74, 6) is -1.16. The molecule has 1 fully saturated rings. The standard InChI is InChI=1S/C16H21BF2O3/c1-9-6-7-20-14-10(9)8-11(18)12(13(14)19)17-21-15(2,3)16(4,5)22-17/h8-9H,6-7H2,1-5H3. The third kappa shape index (κ3) is 2.24. The van der Waals surface area contributed by atoms with Gasteiger partial charge in [0, 0.05) is 5.56 Å². The highest BCUT2D eigenvalue weighted by Crippen LogP contribution is 2.39. The van der Waals surface area contributed by atoms with E-state index >= 15 is 0 Å². The lowest BCUT2D eigenvalue weighted by molar-refractivity contribution is 0.00578. The van der Waals surface area contributed by atoms with Gasteiger partial charge >= 0.3 is 7.12 Å². The van der Waals surface area contributed by atoms with E-state index in [-0.39, 0.29) is 17.1 Å². The van der Waals surface area contributed by atoms with Crippen LogP contribution in [0.2, 0.25) is 0 Å². The van der Waals surface area contributed by atoms with Crippen LogP contribution in [-0.4, -0.2) is 24.9 Å². The number of benzene rings is 1. The average Bonchev–Trinajstić information content (AvgIpc) is 2.59. The highest BCUT2D eigenvalue weighted by Gasteiger charge is 2.53. The second kappa shape index (κ2) is 4.93. The fourth-order valence-corrected chi connectivity index (χ4v) is 2.82. The summed E-state index contributed by atoms with van der Waals surface area (Å²) < 4.78 is 46.3. The Bertz CT molecular complexity index is 600. The van der Waals surface area contributed by atoms with Crippen molar-refractivity contribution < 1.29 is 22.8 Å². The monoisotopic (exact) mass is 310 g/mol. The Morgan fingerprint density at radius 2 is 1.73 bits per heavy atom. The van der Waals surface area contributed by atoms with Gasteiger partial charge in [0.15, 0.2) is 11.6 Å². The minimum absolute atomic E-state index is 0.0695. The van der Waals surface area contributed by atoms with Crippen LogP contribution in [0.3, 0.4) is 0 Å². The minimum Gasteiger partial charge on any atom is -0.490 e. The van der Waals surface area contributed by atoms with Gasteiger partial charge < -0.3 is 14.0 Å². The van der Waals surface area contributed by atoms with Gasteiger partial charge in [-0.2, -0.15) is 0 Å². The molecule has 0 aliphatic carbocycles. The summed E-state index contributed by atoms with van der Waals surface area (Å²) in [5.41, 5.74) is -0.936. The van der Waals surface area contributed by atoms with Crippen LogP contribution in [0.1, 0.15) is 52.5 Å². The van der Waals surface area contributed by atoms with Crippen molar-refractivity contribution in [2.24, 2.45) is 0 Å². The van der Waals surface area contributed by atoms with Crippen molar-refractivity contribution in [2.45, 2.75) is 58.2 Å². The molecule has 120 valence electrons. The SMILES string of the molecule is CC1CCOc2c1cc(F)c(B1OC(C)(C)C(C)(C)O1)c2F. The van der Waals surface area contributed by atoms with E-state index in [2.05, 4.69) is 0 Å². The maximum Gasteiger partial charge on any atom is 0.501 e. The van der Waals surface area contributed by atoms with Gasteiger partial charge in [0.25, 0.3) is 0 Å². The van der Waals surface area contributed by atoms with Crippen molar-refractivity contribution in [1.82, 2.24) is 0 Å². The first-order chi connectivity index (χ1) is 10.1. The first-order valence-corrected chi connectivity index (χ1v) is 7.64. The predicted molar refractivity (Wildman–Crippen MR) is 80.6 cm³/mol. The molecule has 0 bridgehead atoms. The van der Waals surface area contributed by atoms with Gasteiger partial charge in [-0.25, -0.2) is 8.78 Å². The number of fused-ring (bicyclic) bond motifs is 1. The van der Waals surface area contributed by atoms with Crippen molar-refractivity contribution in [2.75, 3.05) is 6.61 Å². The van der Waals surface area contributed by atoms with Crippen LogP contribution in [0.25, 0.3) is 0 Å². The van der Waals surface area contributed by atoms with Crippen molar-refractivity contribution in [3.05, 3.63) is 23.3 Å². The highest BCUT2D eigenvalue weighted by atomic mass is 19.1. The Labute approximate surface area is 130 Å². The molecule has 2 aliphatic rings. The van der Waals surface area contributed by atoms with Crippen LogP contribution < -0.4 is 10.2 Å². The zero-order valence-corrected chi connectivity index (χ0v) is 13.6. The molecule has 0 amide bonds. The topological polar surface area (TPSA) is 27.7 Å². The Morgan fingerprint density at radius 3 is 2.32 bits per heavy atom. The van der Waals surface area contributed by atoms with Crippen molar-refractivity contribution in [3.8, 4) is 5.75 Å². The van der Waals surface area contributed by atoms with Gasteiger partial charge in [-0.1, -0.05) is 6.92 Å². The molecule has 3 rings (SSSR count). The Balaban J connectivity index is 2.06. The number of hydrogen-bond acceptors (Lipinski definition) is 3.